The Morgan fingerprint density at radius 3 is 2.52 bits per heavy atom. The van der Waals surface area contributed by atoms with Gasteiger partial charge in [0.1, 0.15) is 11.4 Å². The van der Waals surface area contributed by atoms with Gasteiger partial charge in [0.2, 0.25) is 0 Å². The van der Waals surface area contributed by atoms with Crippen molar-refractivity contribution in [2.45, 2.75) is 25.6 Å². The number of hydrogen-bond acceptors (Lipinski definition) is 3. The fraction of sp³-hybridized carbons (Fsp3) is 0.250. The van der Waals surface area contributed by atoms with Crippen LogP contribution in [0, 0.1) is 0 Å². The molecule has 0 aliphatic carbocycles. The number of nitrogens with one attached hydrogen (secondary N) is 1. The highest BCUT2D eigenvalue weighted by Crippen LogP contribution is 2.37. The third kappa shape index (κ3) is 4.36. The van der Waals surface area contributed by atoms with Crippen LogP contribution in [0.3, 0.4) is 0 Å². The molecule has 3 rings (SSSR count). The fourth-order valence-corrected chi connectivity index (χ4v) is 3.00. The highest BCUT2D eigenvalue weighted by molar-refractivity contribution is 6.32. The number of allylic oxidation sites excluding steroid dienone is 2. The van der Waals surface area contributed by atoms with Crippen LogP contribution in [0.2, 0.25) is 5.02 Å². The molecule has 1 unspecified atom stereocenters. The van der Waals surface area contributed by atoms with Gasteiger partial charge < -0.3 is 10.1 Å². The number of hydrogen-bond donors (Lipinski definition) is 1. The molecule has 1 aliphatic heterocycles. The topological polar surface area (TPSA) is 34.2 Å². The van der Waals surface area contributed by atoms with Crippen molar-refractivity contribution in [2.24, 2.45) is 0 Å². The average Bonchev–Trinajstić information content (AvgIpc) is 2.66. The van der Waals surface area contributed by atoms with Crippen molar-refractivity contribution in [1.29, 1.82) is 0 Å². The van der Waals surface area contributed by atoms with Crippen LogP contribution in [0.5, 0.6) is 5.75 Å². The molecule has 1 atom stereocenters. The second-order valence-corrected chi connectivity index (χ2v) is 6.18. The summed E-state index contributed by atoms with van der Waals surface area (Å²) in [5.74, 6) is 0.616. The lowest BCUT2D eigenvalue weighted by Gasteiger charge is -2.28. The maximum atomic E-state index is 6.40. The number of aromatic nitrogens is 1. The molecule has 0 saturated carbocycles. The molecule has 0 saturated heterocycles. The van der Waals surface area contributed by atoms with Gasteiger partial charge in [-0.3, -0.25) is 0 Å². The highest BCUT2D eigenvalue weighted by Gasteiger charge is 2.26. The molecule has 2 heterocycles. The van der Waals surface area contributed by atoms with Crippen molar-refractivity contribution in [3.8, 4) is 5.75 Å². The van der Waals surface area contributed by atoms with Crippen molar-refractivity contribution in [3.63, 3.8) is 0 Å². The van der Waals surface area contributed by atoms with E-state index in [-0.39, 0.29) is 5.38 Å². The second-order valence-electron chi connectivity index (χ2n) is 5.25. The van der Waals surface area contributed by atoms with E-state index in [1.165, 1.54) is 0 Å². The van der Waals surface area contributed by atoms with Gasteiger partial charge in [-0.25, -0.2) is 4.98 Å². The van der Waals surface area contributed by atoms with Crippen LogP contribution in [0.25, 0.3) is 11.3 Å². The zero-order chi connectivity index (χ0) is 18.4. The molecule has 5 heteroatoms. The molecule has 0 spiro atoms. The van der Waals surface area contributed by atoms with E-state index in [1.54, 1.807) is 19.4 Å². The van der Waals surface area contributed by atoms with Gasteiger partial charge in [-0.05, 0) is 17.6 Å². The van der Waals surface area contributed by atoms with Gasteiger partial charge in [-0.1, -0.05) is 62.4 Å². The fourth-order valence-electron chi connectivity index (χ4n) is 2.54. The van der Waals surface area contributed by atoms with E-state index in [0.29, 0.717) is 22.9 Å². The van der Waals surface area contributed by atoms with Crippen molar-refractivity contribution >= 4 is 34.5 Å². The van der Waals surface area contributed by atoms with Crippen LogP contribution in [-0.4, -0.2) is 17.5 Å². The van der Waals surface area contributed by atoms with Gasteiger partial charge in [0.15, 0.2) is 0 Å². The largest absolute Gasteiger partial charge is 0.495 e. The summed E-state index contributed by atoms with van der Waals surface area (Å²) in [4.78, 5) is 4.45. The molecule has 1 aliphatic rings. The molecule has 1 aromatic heterocycles. The summed E-state index contributed by atoms with van der Waals surface area (Å²) in [6.45, 7) is 7.99. The first-order chi connectivity index (χ1) is 12.1. The Bertz CT molecular complexity index is 773. The Morgan fingerprint density at radius 2 is 1.92 bits per heavy atom. The molecule has 2 aromatic rings. The first-order valence-electron chi connectivity index (χ1n) is 8.18. The second kappa shape index (κ2) is 8.93. The maximum Gasteiger partial charge on any atom is 0.138 e. The van der Waals surface area contributed by atoms with E-state index in [9.17, 15) is 0 Å². The van der Waals surface area contributed by atoms with Crippen molar-refractivity contribution in [3.05, 3.63) is 71.2 Å². The summed E-state index contributed by atoms with van der Waals surface area (Å²) >= 11 is 12.8. The van der Waals surface area contributed by atoms with Gasteiger partial charge in [-0.2, -0.15) is 0 Å². The quantitative estimate of drug-likeness (QED) is 0.692. The highest BCUT2D eigenvalue weighted by atomic mass is 35.5. The first-order valence-corrected chi connectivity index (χ1v) is 9.00. The maximum absolute atomic E-state index is 6.40. The van der Waals surface area contributed by atoms with Gasteiger partial charge in [0.05, 0.1) is 29.4 Å². The standard InChI is InChI=1S/C18H16Cl2N2O.C2H6/c1-11-15(19)9-14(12-6-4-3-5-7-12)17(22-11)18-16(20)8-13(23-2)10-21-18;1-2/h3-8,10,15,22H,1,9H2,2H3;1-2H3. The summed E-state index contributed by atoms with van der Waals surface area (Å²) in [7, 11) is 1.58. The zero-order valence-electron chi connectivity index (χ0n) is 14.6. The molecule has 3 nitrogen and oxygen atoms in total. The molecule has 0 bridgehead atoms. The van der Waals surface area contributed by atoms with Gasteiger partial charge in [-0.15, -0.1) is 11.6 Å². The van der Waals surface area contributed by atoms with Crippen LogP contribution >= 0.6 is 23.2 Å². The Balaban J connectivity index is 0.00000109. The van der Waals surface area contributed by atoms with Crippen LogP contribution in [-0.2, 0) is 0 Å². The number of alkyl halides is 1. The number of rotatable bonds is 3. The van der Waals surface area contributed by atoms with Crippen molar-refractivity contribution in [1.82, 2.24) is 10.3 Å². The number of ether oxygens (including phenoxy) is 1. The van der Waals surface area contributed by atoms with Gasteiger partial charge in [0, 0.05) is 11.8 Å². The van der Waals surface area contributed by atoms with E-state index < -0.39 is 0 Å². The summed E-state index contributed by atoms with van der Waals surface area (Å²) in [6, 6.07) is 11.8. The lowest BCUT2D eigenvalue weighted by Crippen LogP contribution is -2.26. The van der Waals surface area contributed by atoms with E-state index in [4.69, 9.17) is 27.9 Å². The Hall–Kier alpha value is -1.97. The summed E-state index contributed by atoms with van der Waals surface area (Å²) in [5, 5.41) is 3.61. The molecular formula is C20H22Cl2N2O. The predicted molar refractivity (Wildman–Crippen MR) is 107 cm³/mol. The van der Waals surface area contributed by atoms with E-state index >= 15 is 0 Å². The lowest BCUT2D eigenvalue weighted by atomic mass is 9.93. The molecule has 0 radical (unpaired) electrons. The normalized spacial score (nSPS) is 16.7. The number of nitrogens with zero attached hydrogens (tertiary/aromatic N) is 1. The minimum absolute atomic E-state index is 0.175. The Kier molecular flexibility index (Phi) is 6.91. The third-order valence-electron chi connectivity index (χ3n) is 3.76. The molecule has 25 heavy (non-hydrogen) atoms. The van der Waals surface area contributed by atoms with Crippen LogP contribution in [0.4, 0.5) is 0 Å². The summed E-state index contributed by atoms with van der Waals surface area (Å²) < 4.78 is 5.16. The number of pyridine rings is 1. The number of halogens is 2. The third-order valence-corrected chi connectivity index (χ3v) is 4.47. The smallest absolute Gasteiger partial charge is 0.138 e. The predicted octanol–water partition coefficient (Wildman–Crippen LogP) is 5.75. The van der Waals surface area contributed by atoms with Crippen LogP contribution in [0.15, 0.2) is 54.9 Å². The molecule has 1 aromatic carbocycles. The van der Waals surface area contributed by atoms with Crippen molar-refractivity contribution < 1.29 is 4.74 Å². The van der Waals surface area contributed by atoms with Crippen molar-refractivity contribution in [2.75, 3.05) is 7.11 Å². The Morgan fingerprint density at radius 1 is 1.24 bits per heavy atom. The van der Waals surface area contributed by atoms with Crippen LogP contribution in [0.1, 0.15) is 31.5 Å². The van der Waals surface area contributed by atoms with E-state index in [0.717, 1.165) is 22.5 Å². The number of benzene rings is 1. The van der Waals surface area contributed by atoms with Gasteiger partial charge in [0.25, 0.3) is 0 Å². The molecule has 0 fully saturated rings. The summed E-state index contributed by atoms with van der Waals surface area (Å²) in [6.07, 6.45) is 2.31. The lowest BCUT2D eigenvalue weighted by molar-refractivity contribution is 0.413. The average molecular weight is 377 g/mol. The minimum atomic E-state index is -0.175. The number of methoxy groups -OCH3 is 1. The SMILES string of the molecule is C=C1NC(c2ncc(OC)cc2Cl)=C(c2ccccc2)CC1Cl.CC. The minimum Gasteiger partial charge on any atom is -0.495 e. The zero-order valence-corrected chi connectivity index (χ0v) is 16.2. The monoisotopic (exact) mass is 376 g/mol. The molecule has 0 amide bonds. The van der Waals surface area contributed by atoms with E-state index in [2.05, 4.69) is 16.9 Å². The Labute approximate surface area is 159 Å². The summed E-state index contributed by atoms with van der Waals surface area (Å²) in [5.41, 5.74) is 4.40. The molecule has 132 valence electrons. The molecular weight excluding hydrogens is 355 g/mol. The molecule has 1 N–H and O–H groups in total. The van der Waals surface area contributed by atoms with Gasteiger partial charge >= 0.3 is 0 Å². The first kappa shape index (κ1) is 19.4. The van der Waals surface area contributed by atoms with E-state index in [1.807, 2.05) is 44.2 Å². The van der Waals surface area contributed by atoms with Crippen LogP contribution < -0.4 is 10.1 Å².